The summed E-state index contributed by atoms with van der Waals surface area (Å²) in [6, 6.07) is 8.84. The lowest BCUT2D eigenvalue weighted by Crippen LogP contribution is -2.33. The summed E-state index contributed by atoms with van der Waals surface area (Å²) in [6.07, 6.45) is 4.16. The van der Waals surface area contributed by atoms with Crippen molar-refractivity contribution in [2.24, 2.45) is 5.92 Å². The van der Waals surface area contributed by atoms with Crippen LogP contribution in [0.1, 0.15) is 38.7 Å². The molecule has 1 heterocycles. The summed E-state index contributed by atoms with van der Waals surface area (Å²) in [5.41, 5.74) is 1.42. The Morgan fingerprint density at radius 2 is 2.25 bits per heavy atom. The molecule has 0 saturated carbocycles. The third kappa shape index (κ3) is 5.70. The van der Waals surface area contributed by atoms with Gasteiger partial charge in [0.1, 0.15) is 0 Å². The fraction of sp³-hybridized carbons (Fsp3) is 0.647. The predicted octanol–water partition coefficient (Wildman–Crippen LogP) is 4.32. The van der Waals surface area contributed by atoms with Gasteiger partial charge in [0.2, 0.25) is 0 Å². The molecule has 2 nitrogen and oxygen atoms in total. The number of halogens is 1. The molecule has 0 radical (unpaired) electrons. The number of ether oxygens (including phenoxy) is 1. The molecule has 1 unspecified atom stereocenters. The van der Waals surface area contributed by atoms with E-state index in [9.17, 15) is 0 Å². The summed E-state index contributed by atoms with van der Waals surface area (Å²) >= 11 is 2.39. The second kappa shape index (κ2) is 8.35. The van der Waals surface area contributed by atoms with Crippen LogP contribution in [0.25, 0.3) is 0 Å². The van der Waals surface area contributed by atoms with Crippen molar-refractivity contribution in [3.63, 3.8) is 0 Å². The first-order valence-corrected chi connectivity index (χ1v) is 8.80. The van der Waals surface area contributed by atoms with Crippen LogP contribution >= 0.6 is 22.6 Å². The van der Waals surface area contributed by atoms with Crippen molar-refractivity contribution in [2.45, 2.75) is 45.8 Å². The molecule has 1 aliphatic heterocycles. The molecule has 0 spiro atoms. The first-order valence-electron chi connectivity index (χ1n) is 7.72. The molecule has 2 rings (SSSR count). The zero-order chi connectivity index (χ0) is 14.4. The molecule has 0 amide bonds. The molecule has 0 aromatic heterocycles. The highest BCUT2D eigenvalue weighted by Gasteiger charge is 2.19. The van der Waals surface area contributed by atoms with Gasteiger partial charge < -0.3 is 4.74 Å². The van der Waals surface area contributed by atoms with Gasteiger partial charge in [0.05, 0.1) is 6.10 Å². The van der Waals surface area contributed by atoms with Crippen molar-refractivity contribution >= 4 is 22.6 Å². The summed E-state index contributed by atoms with van der Waals surface area (Å²) in [5, 5.41) is 0. The van der Waals surface area contributed by atoms with Gasteiger partial charge in [0, 0.05) is 23.3 Å². The highest BCUT2D eigenvalue weighted by Crippen LogP contribution is 2.17. The van der Waals surface area contributed by atoms with E-state index in [0.717, 1.165) is 25.6 Å². The predicted molar refractivity (Wildman–Crippen MR) is 92.9 cm³/mol. The average molecular weight is 387 g/mol. The second-order valence-electron chi connectivity index (χ2n) is 6.18. The Kier molecular flexibility index (Phi) is 6.78. The molecule has 1 fully saturated rings. The Morgan fingerprint density at radius 3 is 2.90 bits per heavy atom. The van der Waals surface area contributed by atoms with Gasteiger partial charge in [0.15, 0.2) is 0 Å². The van der Waals surface area contributed by atoms with E-state index in [-0.39, 0.29) is 0 Å². The zero-order valence-corrected chi connectivity index (χ0v) is 14.8. The molecule has 0 aliphatic carbocycles. The lowest BCUT2D eigenvalue weighted by atomic mass is 10.1. The molecular formula is C17H26INO. The normalized spacial score (nSPS) is 19.1. The molecule has 1 aliphatic rings. The maximum Gasteiger partial charge on any atom is 0.0702 e. The Morgan fingerprint density at radius 1 is 1.40 bits per heavy atom. The molecular weight excluding hydrogens is 361 g/mol. The molecule has 112 valence electrons. The van der Waals surface area contributed by atoms with Crippen LogP contribution in [0.5, 0.6) is 0 Å². The topological polar surface area (TPSA) is 12.5 Å². The van der Waals surface area contributed by atoms with Crippen LogP contribution in [-0.2, 0) is 11.3 Å². The van der Waals surface area contributed by atoms with Gasteiger partial charge in [-0.3, -0.25) is 4.90 Å². The van der Waals surface area contributed by atoms with Gasteiger partial charge >= 0.3 is 0 Å². The van der Waals surface area contributed by atoms with E-state index in [2.05, 4.69) is 65.6 Å². The monoisotopic (exact) mass is 387 g/mol. The first kappa shape index (κ1) is 16.2. The van der Waals surface area contributed by atoms with Crippen LogP contribution in [0.15, 0.2) is 24.3 Å². The minimum absolute atomic E-state index is 0.449. The Hall–Kier alpha value is -0.130. The molecule has 0 bridgehead atoms. The standard InChI is InChI=1S/C17H26INO/c1-14(2)8-9-19(13-17-7-4-10-20-17)12-15-5-3-6-16(18)11-15/h3,5-6,11,14,17H,4,7-10,12-13H2,1-2H3. The van der Waals surface area contributed by atoms with Crippen molar-refractivity contribution in [3.05, 3.63) is 33.4 Å². The van der Waals surface area contributed by atoms with Crippen LogP contribution < -0.4 is 0 Å². The van der Waals surface area contributed by atoms with E-state index in [1.807, 2.05) is 0 Å². The van der Waals surface area contributed by atoms with Crippen LogP contribution in [0.2, 0.25) is 0 Å². The Bertz CT molecular complexity index is 402. The van der Waals surface area contributed by atoms with E-state index in [1.165, 1.54) is 34.9 Å². The molecule has 20 heavy (non-hydrogen) atoms. The summed E-state index contributed by atoms with van der Waals surface area (Å²) in [4.78, 5) is 2.57. The van der Waals surface area contributed by atoms with Crippen LogP contribution in [0, 0.1) is 9.49 Å². The maximum atomic E-state index is 5.81. The minimum atomic E-state index is 0.449. The first-order chi connectivity index (χ1) is 9.63. The summed E-state index contributed by atoms with van der Waals surface area (Å²) in [5.74, 6) is 0.762. The second-order valence-corrected chi connectivity index (χ2v) is 7.43. The summed E-state index contributed by atoms with van der Waals surface area (Å²) < 4.78 is 7.13. The summed E-state index contributed by atoms with van der Waals surface area (Å²) in [6.45, 7) is 8.85. The number of rotatable bonds is 7. The van der Waals surface area contributed by atoms with E-state index >= 15 is 0 Å². The SMILES string of the molecule is CC(C)CCN(Cc1cccc(I)c1)CC1CCCO1. The van der Waals surface area contributed by atoms with Crippen LogP contribution in [-0.4, -0.2) is 30.7 Å². The number of nitrogens with zero attached hydrogens (tertiary/aromatic N) is 1. The lowest BCUT2D eigenvalue weighted by Gasteiger charge is -2.26. The van der Waals surface area contributed by atoms with Crippen molar-refractivity contribution in [2.75, 3.05) is 19.7 Å². The summed E-state index contributed by atoms with van der Waals surface area (Å²) in [7, 11) is 0. The van der Waals surface area contributed by atoms with Crippen LogP contribution in [0.3, 0.4) is 0 Å². The molecule has 3 heteroatoms. The molecule has 1 aromatic rings. The van der Waals surface area contributed by atoms with Gasteiger partial charge in [-0.15, -0.1) is 0 Å². The van der Waals surface area contributed by atoms with Gasteiger partial charge in [-0.2, -0.15) is 0 Å². The minimum Gasteiger partial charge on any atom is -0.377 e. The van der Waals surface area contributed by atoms with E-state index < -0.39 is 0 Å². The Balaban J connectivity index is 1.93. The fourth-order valence-electron chi connectivity index (χ4n) is 2.65. The van der Waals surface area contributed by atoms with Crippen molar-refractivity contribution in [3.8, 4) is 0 Å². The molecule has 0 N–H and O–H groups in total. The quantitative estimate of drug-likeness (QED) is 0.647. The number of hydrogen-bond acceptors (Lipinski definition) is 2. The largest absolute Gasteiger partial charge is 0.377 e. The van der Waals surface area contributed by atoms with Gasteiger partial charge in [-0.1, -0.05) is 26.0 Å². The van der Waals surface area contributed by atoms with E-state index in [1.54, 1.807) is 0 Å². The van der Waals surface area contributed by atoms with Crippen molar-refractivity contribution in [1.29, 1.82) is 0 Å². The number of benzene rings is 1. The lowest BCUT2D eigenvalue weighted by molar-refractivity contribution is 0.0689. The fourth-order valence-corrected chi connectivity index (χ4v) is 3.25. The third-order valence-electron chi connectivity index (χ3n) is 3.80. The van der Waals surface area contributed by atoms with E-state index in [4.69, 9.17) is 4.74 Å². The highest BCUT2D eigenvalue weighted by molar-refractivity contribution is 14.1. The molecule has 1 atom stereocenters. The maximum absolute atomic E-state index is 5.81. The molecule has 1 aromatic carbocycles. The van der Waals surface area contributed by atoms with Gasteiger partial charge in [-0.05, 0) is 72.0 Å². The highest BCUT2D eigenvalue weighted by atomic mass is 127. The van der Waals surface area contributed by atoms with Crippen molar-refractivity contribution < 1.29 is 4.74 Å². The third-order valence-corrected chi connectivity index (χ3v) is 4.47. The zero-order valence-electron chi connectivity index (χ0n) is 12.6. The number of hydrogen-bond donors (Lipinski definition) is 0. The average Bonchev–Trinajstić information content (AvgIpc) is 2.89. The van der Waals surface area contributed by atoms with Gasteiger partial charge in [0.25, 0.3) is 0 Å². The molecule has 1 saturated heterocycles. The van der Waals surface area contributed by atoms with Crippen LogP contribution in [0.4, 0.5) is 0 Å². The smallest absolute Gasteiger partial charge is 0.0702 e. The van der Waals surface area contributed by atoms with Crippen molar-refractivity contribution in [1.82, 2.24) is 4.90 Å². The van der Waals surface area contributed by atoms with E-state index in [0.29, 0.717) is 6.10 Å². The Labute approximate surface area is 137 Å². The van der Waals surface area contributed by atoms with Gasteiger partial charge in [-0.25, -0.2) is 0 Å².